The summed E-state index contributed by atoms with van der Waals surface area (Å²) < 4.78 is 5.00. The molecule has 0 saturated carbocycles. The lowest BCUT2D eigenvalue weighted by molar-refractivity contribution is -0.131. The Morgan fingerprint density at radius 2 is 2.24 bits per heavy atom. The quantitative estimate of drug-likeness (QED) is 0.329. The molecule has 1 aromatic carbocycles. The first-order valence-corrected chi connectivity index (χ1v) is 6.92. The van der Waals surface area contributed by atoms with Gasteiger partial charge in [0.25, 0.3) is 0 Å². The van der Waals surface area contributed by atoms with Gasteiger partial charge in [0.15, 0.2) is 0 Å². The Bertz CT molecular complexity index is 494. The van der Waals surface area contributed by atoms with Crippen molar-refractivity contribution in [3.8, 4) is 0 Å². The van der Waals surface area contributed by atoms with Crippen LogP contribution in [0.5, 0.6) is 0 Å². The first-order valence-electron chi connectivity index (χ1n) is 6.54. The van der Waals surface area contributed by atoms with Crippen LogP contribution in [0.1, 0.15) is 12.0 Å². The topological polar surface area (TPSA) is 88.2 Å². The zero-order chi connectivity index (χ0) is 15.7. The summed E-state index contributed by atoms with van der Waals surface area (Å²) in [6.07, 6.45) is 0.557. The number of rotatable bonds is 8. The molecule has 0 aliphatic carbocycles. The van der Waals surface area contributed by atoms with E-state index in [9.17, 15) is 4.79 Å². The van der Waals surface area contributed by atoms with Gasteiger partial charge in [-0.05, 0) is 17.7 Å². The second-order valence-corrected chi connectivity index (χ2v) is 4.96. The fourth-order valence-electron chi connectivity index (χ4n) is 1.80. The molecule has 0 radical (unpaired) electrons. The van der Waals surface area contributed by atoms with Crippen LogP contribution in [-0.2, 0) is 16.0 Å². The van der Waals surface area contributed by atoms with Crippen LogP contribution >= 0.6 is 11.6 Å². The van der Waals surface area contributed by atoms with Crippen LogP contribution in [0.15, 0.2) is 29.4 Å². The van der Waals surface area contributed by atoms with Gasteiger partial charge in [0.2, 0.25) is 5.91 Å². The molecule has 0 atom stereocenters. The van der Waals surface area contributed by atoms with Gasteiger partial charge in [-0.1, -0.05) is 28.9 Å². The van der Waals surface area contributed by atoms with Gasteiger partial charge in [0.1, 0.15) is 5.84 Å². The van der Waals surface area contributed by atoms with Crippen molar-refractivity contribution in [1.29, 1.82) is 0 Å². The standard InChI is InChI=1S/C14H20ClN3O3/c1-21-8-7-18(6-5-13(16)17-20)14(19)10-11-3-2-4-12(15)9-11/h2-4,9,20H,5-8,10H2,1H3,(H2,16,17). The van der Waals surface area contributed by atoms with Gasteiger partial charge >= 0.3 is 0 Å². The molecule has 0 saturated heterocycles. The summed E-state index contributed by atoms with van der Waals surface area (Å²) in [4.78, 5) is 13.9. The van der Waals surface area contributed by atoms with Crippen LogP contribution in [0.4, 0.5) is 0 Å². The largest absolute Gasteiger partial charge is 0.409 e. The third-order valence-corrected chi connectivity index (χ3v) is 3.16. The average Bonchev–Trinajstić information content (AvgIpc) is 2.46. The zero-order valence-electron chi connectivity index (χ0n) is 12.0. The van der Waals surface area contributed by atoms with Crippen LogP contribution in [0, 0.1) is 0 Å². The molecule has 1 aromatic rings. The van der Waals surface area contributed by atoms with Gasteiger partial charge in [-0.3, -0.25) is 4.79 Å². The SMILES string of the molecule is COCCN(CCC(N)=NO)C(=O)Cc1cccc(Cl)c1. The molecular weight excluding hydrogens is 294 g/mol. The summed E-state index contributed by atoms with van der Waals surface area (Å²) in [5, 5.41) is 12.0. The number of carbonyl (C=O) groups is 1. The first kappa shape index (κ1) is 17.3. The molecule has 6 nitrogen and oxygen atoms in total. The van der Waals surface area contributed by atoms with Gasteiger partial charge in [0.05, 0.1) is 13.0 Å². The fourth-order valence-corrected chi connectivity index (χ4v) is 2.01. The molecule has 0 unspecified atom stereocenters. The monoisotopic (exact) mass is 313 g/mol. The molecule has 1 amide bonds. The van der Waals surface area contributed by atoms with E-state index in [1.165, 1.54) is 0 Å². The molecule has 0 bridgehead atoms. The molecule has 0 aliphatic heterocycles. The Labute approximate surface area is 129 Å². The van der Waals surface area contributed by atoms with E-state index >= 15 is 0 Å². The third kappa shape index (κ3) is 6.46. The minimum Gasteiger partial charge on any atom is -0.409 e. The Kier molecular flexibility index (Phi) is 7.56. The van der Waals surface area contributed by atoms with E-state index in [-0.39, 0.29) is 18.2 Å². The van der Waals surface area contributed by atoms with E-state index in [1.807, 2.05) is 6.07 Å². The number of nitrogens with two attached hydrogens (primary N) is 1. The van der Waals surface area contributed by atoms with Crippen molar-refractivity contribution < 1.29 is 14.7 Å². The molecule has 7 heteroatoms. The van der Waals surface area contributed by atoms with Crippen molar-refractivity contribution >= 4 is 23.3 Å². The molecular formula is C14H20ClN3O3. The predicted octanol–water partition coefficient (Wildman–Crippen LogP) is 1.49. The molecule has 0 aromatic heterocycles. The van der Waals surface area contributed by atoms with Crippen LogP contribution in [0.25, 0.3) is 0 Å². The molecule has 0 spiro atoms. The smallest absolute Gasteiger partial charge is 0.227 e. The van der Waals surface area contributed by atoms with Crippen LogP contribution in [-0.4, -0.2) is 48.7 Å². The molecule has 3 N–H and O–H groups in total. The van der Waals surface area contributed by atoms with E-state index in [1.54, 1.807) is 30.2 Å². The number of nitrogens with zero attached hydrogens (tertiary/aromatic N) is 2. The molecule has 116 valence electrons. The van der Waals surface area contributed by atoms with Gasteiger partial charge in [-0.15, -0.1) is 0 Å². The second kappa shape index (κ2) is 9.20. The van der Waals surface area contributed by atoms with E-state index in [0.717, 1.165) is 5.56 Å². The van der Waals surface area contributed by atoms with Crippen molar-refractivity contribution in [2.45, 2.75) is 12.8 Å². The number of amides is 1. The van der Waals surface area contributed by atoms with Crippen molar-refractivity contribution in [2.24, 2.45) is 10.9 Å². The number of hydrogen-bond acceptors (Lipinski definition) is 4. The van der Waals surface area contributed by atoms with Crippen molar-refractivity contribution in [1.82, 2.24) is 4.90 Å². The lowest BCUT2D eigenvalue weighted by Gasteiger charge is -2.22. The minimum absolute atomic E-state index is 0.0555. The van der Waals surface area contributed by atoms with E-state index in [4.69, 9.17) is 27.3 Å². The summed E-state index contributed by atoms with van der Waals surface area (Å²) in [6, 6.07) is 7.18. The van der Waals surface area contributed by atoms with Crippen molar-refractivity contribution in [3.63, 3.8) is 0 Å². The first-order chi connectivity index (χ1) is 10.1. The maximum absolute atomic E-state index is 12.3. The van der Waals surface area contributed by atoms with E-state index in [0.29, 0.717) is 31.1 Å². The Hall–Kier alpha value is -1.79. The Morgan fingerprint density at radius 3 is 2.86 bits per heavy atom. The van der Waals surface area contributed by atoms with E-state index in [2.05, 4.69) is 5.16 Å². The molecule has 21 heavy (non-hydrogen) atoms. The summed E-state index contributed by atoms with van der Waals surface area (Å²) in [6.45, 7) is 1.25. The molecule has 0 aliphatic rings. The Morgan fingerprint density at radius 1 is 1.48 bits per heavy atom. The zero-order valence-corrected chi connectivity index (χ0v) is 12.7. The Balaban J connectivity index is 2.65. The highest BCUT2D eigenvalue weighted by Gasteiger charge is 2.14. The maximum atomic E-state index is 12.3. The highest BCUT2D eigenvalue weighted by atomic mass is 35.5. The lowest BCUT2D eigenvalue weighted by Crippen LogP contribution is -2.37. The highest BCUT2D eigenvalue weighted by molar-refractivity contribution is 6.30. The number of ether oxygens (including phenoxy) is 1. The van der Waals surface area contributed by atoms with E-state index < -0.39 is 0 Å². The summed E-state index contributed by atoms with van der Waals surface area (Å²) in [5.41, 5.74) is 6.28. The van der Waals surface area contributed by atoms with Gasteiger partial charge in [-0.2, -0.15) is 0 Å². The van der Waals surface area contributed by atoms with Gasteiger partial charge in [-0.25, -0.2) is 0 Å². The lowest BCUT2D eigenvalue weighted by atomic mass is 10.1. The van der Waals surface area contributed by atoms with Crippen molar-refractivity contribution in [3.05, 3.63) is 34.9 Å². The normalized spacial score (nSPS) is 11.4. The number of hydrogen-bond donors (Lipinski definition) is 2. The summed E-state index contributed by atoms with van der Waals surface area (Å²) in [5.74, 6) is 0.0352. The number of halogens is 1. The number of oxime groups is 1. The van der Waals surface area contributed by atoms with Crippen LogP contribution in [0.3, 0.4) is 0 Å². The number of carbonyl (C=O) groups excluding carboxylic acids is 1. The summed E-state index contributed by atoms with van der Waals surface area (Å²) >= 11 is 5.91. The molecule has 0 fully saturated rings. The second-order valence-electron chi connectivity index (χ2n) is 4.52. The molecule has 0 heterocycles. The average molecular weight is 314 g/mol. The van der Waals surface area contributed by atoms with Gasteiger partial charge in [0, 0.05) is 31.6 Å². The number of amidine groups is 1. The maximum Gasteiger partial charge on any atom is 0.227 e. The third-order valence-electron chi connectivity index (χ3n) is 2.93. The van der Waals surface area contributed by atoms with Crippen LogP contribution in [0.2, 0.25) is 5.02 Å². The summed E-state index contributed by atoms with van der Waals surface area (Å²) in [7, 11) is 1.57. The van der Waals surface area contributed by atoms with Crippen LogP contribution < -0.4 is 5.73 Å². The molecule has 1 rings (SSSR count). The van der Waals surface area contributed by atoms with Crippen molar-refractivity contribution in [2.75, 3.05) is 26.8 Å². The highest BCUT2D eigenvalue weighted by Crippen LogP contribution is 2.12. The number of benzene rings is 1. The predicted molar refractivity (Wildman–Crippen MR) is 81.6 cm³/mol. The number of methoxy groups -OCH3 is 1. The minimum atomic E-state index is -0.0555. The fraction of sp³-hybridized carbons (Fsp3) is 0.429. The van der Waals surface area contributed by atoms with Gasteiger partial charge < -0.3 is 20.6 Å².